The van der Waals surface area contributed by atoms with Crippen molar-refractivity contribution in [3.05, 3.63) is 54.1 Å². The standard InChI is InChI=1S/C19H21N3O4/c1-25-17-10-9-15(12-16(17)22-11-5-8-18(22)23)20-19(24)21-26-13-14-6-3-2-4-7-14/h2-4,6-7,9-10,12H,5,8,11,13H2,1H3,(H2,20,21,24). The number of urea groups is 1. The Hall–Kier alpha value is -3.06. The van der Waals surface area contributed by atoms with Crippen molar-refractivity contribution in [2.45, 2.75) is 19.4 Å². The summed E-state index contributed by atoms with van der Waals surface area (Å²) in [5, 5.41) is 2.69. The van der Waals surface area contributed by atoms with E-state index in [0.717, 1.165) is 12.0 Å². The van der Waals surface area contributed by atoms with Gasteiger partial charge in [0.2, 0.25) is 5.91 Å². The molecule has 0 aliphatic carbocycles. The highest BCUT2D eigenvalue weighted by Crippen LogP contribution is 2.33. The molecule has 0 aromatic heterocycles. The molecule has 136 valence electrons. The van der Waals surface area contributed by atoms with Gasteiger partial charge in [-0.3, -0.25) is 9.63 Å². The third-order valence-electron chi connectivity index (χ3n) is 4.05. The average Bonchev–Trinajstić information content (AvgIpc) is 3.08. The van der Waals surface area contributed by atoms with E-state index in [-0.39, 0.29) is 12.5 Å². The molecule has 0 unspecified atom stereocenters. The molecule has 0 bridgehead atoms. The number of amides is 3. The number of carbonyl (C=O) groups excluding carboxylic acids is 2. The van der Waals surface area contributed by atoms with Crippen molar-refractivity contribution in [3.63, 3.8) is 0 Å². The topological polar surface area (TPSA) is 79.9 Å². The molecule has 1 aliphatic rings. The minimum Gasteiger partial charge on any atom is -0.495 e. The molecular weight excluding hydrogens is 334 g/mol. The van der Waals surface area contributed by atoms with Gasteiger partial charge in [-0.15, -0.1) is 0 Å². The van der Waals surface area contributed by atoms with E-state index in [4.69, 9.17) is 9.57 Å². The van der Waals surface area contributed by atoms with E-state index < -0.39 is 6.03 Å². The Balaban J connectivity index is 1.60. The van der Waals surface area contributed by atoms with Gasteiger partial charge < -0.3 is 15.0 Å². The van der Waals surface area contributed by atoms with Crippen LogP contribution in [0.3, 0.4) is 0 Å². The molecule has 1 saturated heterocycles. The van der Waals surface area contributed by atoms with E-state index in [9.17, 15) is 9.59 Å². The zero-order chi connectivity index (χ0) is 18.4. The number of hydrogen-bond donors (Lipinski definition) is 2. The van der Waals surface area contributed by atoms with E-state index in [1.54, 1.807) is 30.2 Å². The van der Waals surface area contributed by atoms with Crippen LogP contribution in [0.2, 0.25) is 0 Å². The Kier molecular flexibility index (Phi) is 5.70. The molecule has 0 saturated carbocycles. The van der Waals surface area contributed by atoms with E-state index in [0.29, 0.717) is 30.1 Å². The summed E-state index contributed by atoms with van der Waals surface area (Å²) in [6, 6.07) is 14.2. The maximum Gasteiger partial charge on any atom is 0.343 e. The lowest BCUT2D eigenvalue weighted by Gasteiger charge is -2.20. The molecule has 1 heterocycles. The monoisotopic (exact) mass is 355 g/mol. The minimum atomic E-state index is -0.496. The van der Waals surface area contributed by atoms with Gasteiger partial charge in [0.25, 0.3) is 0 Å². The fraction of sp³-hybridized carbons (Fsp3) is 0.263. The smallest absolute Gasteiger partial charge is 0.343 e. The lowest BCUT2D eigenvalue weighted by Crippen LogP contribution is -2.29. The van der Waals surface area contributed by atoms with Gasteiger partial charge in [-0.1, -0.05) is 30.3 Å². The zero-order valence-electron chi connectivity index (χ0n) is 14.5. The number of anilines is 2. The van der Waals surface area contributed by atoms with Gasteiger partial charge >= 0.3 is 6.03 Å². The van der Waals surface area contributed by atoms with Crippen LogP contribution in [0.5, 0.6) is 5.75 Å². The molecule has 2 aromatic rings. The fourth-order valence-electron chi connectivity index (χ4n) is 2.80. The van der Waals surface area contributed by atoms with Gasteiger partial charge in [0.15, 0.2) is 0 Å². The minimum absolute atomic E-state index is 0.0519. The largest absolute Gasteiger partial charge is 0.495 e. The fourth-order valence-corrected chi connectivity index (χ4v) is 2.80. The molecular formula is C19H21N3O4. The molecule has 0 atom stereocenters. The Morgan fingerprint density at radius 1 is 1.19 bits per heavy atom. The second-order valence-electron chi connectivity index (χ2n) is 5.87. The van der Waals surface area contributed by atoms with Gasteiger partial charge in [-0.2, -0.15) is 0 Å². The first kappa shape index (κ1) is 17.8. The lowest BCUT2D eigenvalue weighted by molar-refractivity contribution is -0.117. The SMILES string of the molecule is COc1ccc(NC(=O)NOCc2ccccc2)cc1N1CCCC1=O. The first-order valence-corrected chi connectivity index (χ1v) is 8.38. The number of rotatable bonds is 6. The van der Waals surface area contributed by atoms with Gasteiger partial charge in [0.1, 0.15) is 5.75 Å². The van der Waals surface area contributed by atoms with Crippen LogP contribution in [0.25, 0.3) is 0 Å². The van der Waals surface area contributed by atoms with Crippen LogP contribution < -0.4 is 20.4 Å². The van der Waals surface area contributed by atoms with E-state index in [2.05, 4.69) is 10.8 Å². The van der Waals surface area contributed by atoms with Crippen LogP contribution in [0.15, 0.2) is 48.5 Å². The maximum absolute atomic E-state index is 12.0. The molecule has 1 aliphatic heterocycles. The van der Waals surface area contributed by atoms with Gasteiger partial charge in [-0.25, -0.2) is 10.3 Å². The van der Waals surface area contributed by atoms with Crippen molar-refractivity contribution in [2.75, 3.05) is 23.9 Å². The molecule has 7 nitrogen and oxygen atoms in total. The predicted octanol–water partition coefficient (Wildman–Crippen LogP) is 3.08. The average molecular weight is 355 g/mol. The summed E-state index contributed by atoms with van der Waals surface area (Å²) in [5.41, 5.74) is 4.49. The summed E-state index contributed by atoms with van der Waals surface area (Å²) in [7, 11) is 1.55. The van der Waals surface area contributed by atoms with Crippen LogP contribution in [-0.4, -0.2) is 25.6 Å². The quantitative estimate of drug-likeness (QED) is 0.781. The Morgan fingerprint density at radius 2 is 2.00 bits per heavy atom. The van der Waals surface area contributed by atoms with Crippen LogP contribution in [0.4, 0.5) is 16.2 Å². The maximum atomic E-state index is 12.0. The van der Waals surface area contributed by atoms with Crippen LogP contribution in [0.1, 0.15) is 18.4 Å². The first-order valence-electron chi connectivity index (χ1n) is 8.38. The van der Waals surface area contributed by atoms with E-state index in [1.165, 1.54) is 0 Å². The Bertz CT molecular complexity index is 780. The molecule has 2 aromatic carbocycles. The van der Waals surface area contributed by atoms with E-state index >= 15 is 0 Å². The number of methoxy groups -OCH3 is 1. The molecule has 3 rings (SSSR count). The number of nitrogens with one attached hydrogen (secondary N) is 2. The first-order chi connectivity index (χ1) is 12.7. The van der Waals surface area contributed by atoms with Gasteiger partial charge in [0, 0.05) is 18.7 Å². The van der Waals surface area contributed by atoms with Crippen molar-refractivity contribution in [3.8, 4) is 5.75 Å². The number of ether oxygens (including phenoxy) is 1. The third-order valence-corrected chi connectivity index (χ3v) is 4.05. The number of carbonyl (C=O) groups is 2. The summed E-state index contributed by atoms with van der Waals surface area (Å²) < 4.78 is 5.33. The van der Waals surface area contributed by atoms with Crippen molar-refractivity contribution in [2.24, 2.45) is 0 Å². The highest BCUT2D eigenvalue weighted by Gasteiger charge is 2.24. The van der Waals surface area contributed by atoms with Gasteiger partial charge in [0.05, 0.1) is 19.4 Å². The number of hydrogen-bond acceptors (Lipinski definition) is 4. The van der Waals surface area contributed by atoms with Crippen molar-refractivity contribution < 1.29 is 19.2 Å². The summed E-state index contributed by atoms with van der Waals surface area (Å²) in [4.78, 5) is 30.9. The Morgan fingerprint density at radius 3 is 2.69 bits per heavy atom. The molecule has 0 radical (unpaired) electrons. The van der Waals surface area contributed by atoms with Crippen molar-refractivity contribution >= 4 is 23.3 Å². The normalized spacial score (nSPS) is 13.6. The number of hydroxylamine groups is 1. The van der Waals surface area contributed by atoms with Crippen LogP contribution in [-0.2, 0) is 16.2 Å². The second kappa shape index (κ2) is 8.35. The third kappa shape index (κ3) is 4.31. The summed E-state index contributed by atoms with van der Waals surface area (Å²) in [6.45, 7) is 0.912. The zero-order valence-corrected chi connectivity index (χ0v) is 14.5. The molecule has 26 heavy (non-hydrogen) atoms. The predicted molar refractivity (Wildman–Crippen MR) is 98.0 cm³/mol. The number of nitrogens with zero attached hydrogens (tertiary/aromatic N) is 1. The van der Waals surface area contributed by atoms with Crippen molar-refractivity contribution in [1.29, 1.82) is 0 Å². The molecule has 7 heteroatoms. The van der Waals surface area contributed by atoms with Crippen molar-refractivity contribution in [1.82, 2.24) is 5.48 Å². The molecule has 1 fully saturated rings. The summed E-state index contributed by atoms with van der Waals surface area (Å²) in [6.07, 6.45) is 1.34. The Labute approximate surface area is 151 Å². The highest BCUT2D eigenvalue weighted by atomic mass is 16.7. The molecule has 2 N–H and O–H groups in total. The second-order valence-corrected chi connectivity index (χ2v) is 5.87. The highest BCUT2D eigenvalue weighted by molar-refractivity contribution is 5.98. The molecule has 0 spiro atoms. The summed E-state index contributed by atoms with van der Waals surface area (Å²) >= 11 is 0. The van der Waals surface area contributed by atoms with Crippen LogP contribution >= 0.6 is 0 Å². The lowest BCUT2D eigenvalue weighted by atomic mass is 10.2. The summed E-state index contributed by atoms with van der Waals surface area (Å²) in [5.74, 6) is 0.641. The van der Waals surface area contributed by atoms with Crippen LogP contribution in [0, 0.1) is 0 Å². The molecule has 3 amide bonds. The number of benzene rings is 2. The van der Waals surface area contributed by atoms with Gasteiger partial charge in [-0.05, 0) is 30.2 Å². The van der Waals surface area contributed by atoms with E-state index in [1.807, 2.05) is 30.3 Å².